The van der Waals surface area contributed by atoms with Gasteiger partial charge in [-0.2, -0.15) is 0 Å². The van der Waals surface area contributed by atoms with Gasteiger partial charge in [-0.1, -0.05) is 104 Å². The van der Waals surface area contributed by atoms with E-state index in [-0.39, 0.29) is 0 Å². The zero-order valence-corrected chi connectivity index (χ0v) is 20.8. The van der Waals surface area contributed by atoms with Crippen molar-refractivity contribution in [1.82, 2.24) is 0 Å². The molecular formula is C23H52NSi+. The highest BCUT2D eigenvalue weighted by Gasteiger charge is 2.20. The van der Waals surface area contributed by atoms with E-state index in [0.717, 1.165) is 5.67 Å². The van der Waals surface area contributed by atoms with Crippen LogP contribution in [-0.4, -0.2) is 41.0 Å². The van der Waals surface area contributed by atoms with Crippen LogP contribution < -0.4 is 0 Å². The van der Waals surface area contributed by atoms with Crippen LogP contribution in [-0.2, 0) is 0 Å². The van der Waals surface area contributed by atoms with Crippen LogP contribution in [0.4, 0.5) is 0 Å². The smallest absolute Gasteiger partial charge is 0.0781 e. The number of hydrogen-bond acceptors (Lipinski definition) is 0. The molecule has 1 unspecified atom stereocenters. The second-order valence-corrected chi connectivity index (χ2v) is 10.4. The van der Waals surface area contributed by atoms with Gasteiger partial charge in [0.05, 0.1) is 36.5 Å². The molecule has 0 amide bonds. The third-order valence-electron chi connectivity index (χ3n) is 6.37. The highest BCUT2D eigenvalue weighted by molar-refractivity contribution is 6.10. The summed E-state index contributed by atoms with van der Waals surface area (Å²) in [5.41, 5.74) is 0.941. The van der Waals surface area contributed by atoms with Crippen molar-refractivity contribution in [2.24, 2.45) is 0 Å². The average molecular weight is 371 g/mol. The van der Waals surface area contributed by atoms with E-state index >= 15 is 0 Å². The molecule has 0 heterocycles. The fourth-order valence-corrected chi connectivity index (χ4v) is 4.04. The molecule has 0 aliphatic rings. The van der Waals surface area contributed by atoms with Crippen LogP contribution in [0.2, 0.25) is 0 Å². The van der Waals surface area contributed by atoms with Gasteiger partial charge in [0.1, 0.15) is 0 Å². The molecule has 0 radical (unpaired) electrons. The molecule has 0 fully saturated rings. The molecule has 0 N–H and O–H groups in total. The van der Waals surface area contributed by atoms with Crippen molar-refractivity contribution in [2.75, 3.05) is 20.6 Å². The monoisotopic (exact) mass is 370 g/mol. The van der Waals surface area contributed by atoms with Gasteiger partial charge in [0.15, 0.2) is 0 Å². The van der Waals surface area contributed by atoms with Crippen LogP contribution in [0.3, 0.4) is 0 Å². The predicted molar refractivity (Wildman–Crippen MR) is 121 cm³/mol. The molecule has 0 saturated heterocycles. The Morgan fingerprint density at radius 2 is 0.880 bits per heavy atom. The Morgan fingerprint density at radius 3 is 1.20 bits per heavy atom. The van der Waals surface area contributed by atoms with Gasteiger partial charge < -0.3 is 4.48 Å². The van der Waals surface area contributed by atoms with Gasteiger partial charge in [0.2, 0.25) is 0 Å². The van der Waals surface area contributed by atoms with E-state index in [9.17, 15) is 0 Å². The van der Waals surface area contributed by atoms with Gasteiger partial charge in [-0.15, -0.1) is 0 Å². The normalized spacial score (nSPS) is 13.4. The third kappa shape index (κ3) is 16.1. The zero-order valence-electron chi connectivity index (χ0n) is 18.8. The Kier molecular flexibility index (Phi) is 17.7. The molecule has 0 aliphatic carbocycles. The molecule has 152 valence electrons. The number of quaternary nitrogens is 1. The van der Waals surface area contributed by atoms with Gasteiger partial charge in [0.25, 0.3) is 0 Å². The van der Waals surface area contributed by atoms with E-state index in [1.165, 1.54) is 130 Å². The van der Waals surface area contributed by atoms with Gasteiger partial charge in [-0.05, 0) is 19.3 Å². The fourth-order valence-electron chi connectivity index (χ4n) is 3.78. The summed E-state index contributed by atoms with van der Waals surface area (Å²) in [6.07, 6.45) is 24.8. The molecule has 0 aromatic heterocycles. The van der Waals surface area contributed by atoms with Crippen molar-refractivity contribution in [1.29, 1.82) is 0 Å². The Balaban J connectivity index is 3.19. The Morgan fingerprint density at radius 1 is 0.560 bits per heavy atom. The largest absolute Gasteiger partial charge is 0.330 e. The lowest BCUT2D eigenvalue weighted by Gasteiger charge is -2.36. The topological polar surface area (TPSA) is 0 Å². The first kappa shape index (κ1) is 25.2. The van der Waals surface area contributed by atoms with Crippen LogP contribution in [0, 0.1) is 0 Å². The second kappa shape index (κ2) is 17.6. The molecule has 0 bridgehead atoms. The second-order valence-electron chi connectivity index (χ2n) is 9.06. The maximum Gasteiger partial charge on any atom is 0.0781 e. The van der Waals surface area contributed by atoms with Crippen LogP contribution in [0.15, 0.2) is 0 Å². The van der Waals surface area contributed by atoms with Crippen LogP contribution in [0.1, 0.15) is 123 Å². The van der Waals surface area contributed by atoms with Crippen molar-refractivity contribution in [2.45, 2.75) is 129 Å². The van der Waals surface area contributed by atoms with E-state index in [1.54, 1.807) is 0 Å². The fraction of sp³-hybridized carbons (Fsp3) is 1.00. The van der Waals surface area contributed by atoms with Crippen molar-refractivity contribution in [3.05, 3.63) is 0 Å². The van der Waals surface area contributed by atoms with Crippen LogP contribution in [0.5, 0.6) is 0 Å². The van der Waals surface area contributed by atoms with E-state index in [1.807, 2.05) is 0 Å². The molecule has 0 spiro atoms. The summed E-state index contributed by atoms with van der Waals surface area (Å²) in [5, 5.41) is 0. The summed E-state index contributed by atoms with van der Waals surface area (Å²) < 4.78 is 1.27. The summed E-state index contributed by atoms with van der Waals surface area (Å²) in [4.78, 5) is 0. The maximum atomic E-state index is 2.44. The highest BCUT2D eigenvalue weighted by Crippen LogP contribution is 2.15. The van der Waals surface area contributed by atoms with E-state index in [2.05, 4.69) is 27.9 Å². The standard InChI is InChI=1S/C23H52NSi/c1-5-7-8-9-10-11-12-13-14-15-16-17-18-19-20-21-22-24(3,4)23(25)6-2/h23H,5-22H2,1-4,25H3/q+1. The summed E-state index contributed by atoms with van der Waals surface area (Å²) in [5.74, 6) is 0. The Bertz CT molecular complexity index is 265. The molecule has 1 nitrogen and oxygen atoms in total. The van der Waals surface area contributed by atoms with Crippen LogP contribution >= 0.6 is 0 Å². The van der Waals surface area contributed by atoms with E-state index in [0.29, 0.717) is 0 Å². The lowest BCUT2D eigenvalue weighted by Crippen LogP contribution is -2.49. The zero-order chi connectivity index (χ0) is 18.8. The minimum absolute atomic E-state index is 0.941. The first-order chi connectivity index (χ1) is 12.0. The molecule has 0 saturated carbocycles. The highest BCUT2D eigenvalue weighted by atomic mass is 28.1. The molecule has 25 heavy (non-hydrogen) atoms. The SMILES string of the molecule is CCCCCCCCCCCCCCCCCC[N+](C)(C)C([SiH3])CC. The van der Waals surface area contributed by atoms with Crippen molar-refractivity contribution in [3.8, 4) is 0 Å². The number of hydrogen-bond donors (Lipinski definition) is 0. The lowest BCUT2D eigenvalue weighted by molar-refractivity contribution is -0.902. The minimum Gasteiger partial charge on any atom is -0.330 e. The molecular weight excluding hydrogens is 318 g/mol. The average Bonchev–Trinajstić information content (AvgIpc) is 2.60. The van der Waals surface area contributed by atoms with Crippen molar-refractivity contribution >= 4 is 10.2 Å². The van der Waals surface area contributed by atoms with Gasteiger partial charge in [-0.25, -0.2) is 0 Å². The molecule has 0 rings (SSSR count). The van der Waals surface area contributed by atoms with Gasteiger partial charge >= 0.3 is 0 Å². The van der Waals surface area contributed by atoms with E-state index in [4.69, 9.17) is 0 Å². The van der Waals surface area contributed by atoms with Crippen LogP contribution in [0.25, 0.3) is 0 Å². The Labute approximate surface area is 164 Å². The number of rotatable bonds is 19. The maximum absolute atomic E-state index is 2.44. The predicted octanol–water partition coefficient (Wildman–Crippen LogP) is 6.43. The number of nitrogens with zero attached hydrogens (tertiary/aromatic N) is 1. The summed E-state index contributed by atoms with van der Waals surface area (Å²) in [6, 6.07) is 0. The summed E-state index contributed by atoms with van der Waals surface area (Å²) in [7, 11) is 6.22. The first-order valence-electron chi connectivity index (χ1n) is 11.9. The molecule has 0 aliphatic heterocycles. The quantitative estimate of drug-likeness (QED) is 0.140. The molecule has 2 heteroatoms. The number of unbranched alkanes of at least 4 members (excludes halogenated alkanes) is 15. The lowest BCUT2D eigenvalue weighted by atomic mass is 10.0. The van der Waals surface area contributed by atoms with Crippen molar-refractivity contribution in [3.63, 3.8) is 0 Å². The first-order valence-corrected chi connectivity index (χ1v) is 13.0. The molecule has 0 aromatic rings. The van der Waals surface area contributed by atoms with Crippen molar-refractivity contribution < 1.29 is 4.48 Å². The Hall–Kier alpha value is 0.177. The van der Waals surface area contributed by atoms with E-state index < -0.39 is 0 Å². The summed E-state index contributed by atoms with van der Waals surface area (Å²) in [6.45, 7) is 6.04. The third-order valence-corrected chi connectivity index (χ3v) is 8.59. The van der Waals surface area contributed by atoms with Gasteiger partial charge in [-0.3, -0.25) is 0 Å². The molecule has 1 atom stereocenters. The molecule has 0 aromatic carbocycles. The minimum atomic E-state index is 0.941. The van der Waals surface area contributed by atoms with Gasteiger partial charge in [0, 0.05) is 0 Å². The summed E-state index contributed by atoms with van der Waals surface area (Å²) >= 11 is 0.